The van der Waals surface area contributed by atoms with Crippen LogP contribution in [0.2, 0.25) is 5.02 Å². The van der Waals surface area contributed by atoms with Gasteiger partial charge in [0.1, 0.15) is 0 Å². The van der Waals surface area contributed by atoms with Crippen molar-refractivity contribution < 1.29 is 4.79 Å². The number of carbonyl (C=O) groups is 1. The van der Waals surface area contributed by atoms with Gasteiger partial charge in [-0.3, -0.25) is 4.79 Å². The molecule has 0 spiro atoms. The van der Waals surface area contributed by atoms with Crippen molar-refractivity contribution in [1.29, 1.82) is 0 Å². The number of anilines is 1. The summed E-state index contributed by atoms with van der Waals surface area (Å²) in [6, 6.07) is 3.72. The van der Waals surface area contributed by atoms with E-state index < -0.39 is 0 Å². The zero-order valence-corrected chi connectivity index (χ0v) is 8.70. The van der Waals surface area contributed by atoms with Crippen molar-refractivity contribution >= 4 is 23.2 Å². The van der Waals surface area contributed by atoms with E-state index in [0.717, 1.165) is 21.8 Å². The topological polar surface area (TPSA) is 29.1 Å². The molecule has 0 saturated carbocycles. The summed E-state index contributed by atoms with van der Waals surface area (Å²) in [4.78, 5) is 10.8. The van der Waals surface area contributed by atoms with Crippen molar-refractivity contribution in [2.75, 3.05) is 5.32 Å². The first-order valence-corrected chi connectivity index (χ1v) is 4.43. The summed E-state index contributed by atoms with van der Waals surface area (Å²) in [5, 5.41) is 3.47. The maximum absolute atomic E-state index is 10.8. The van der Waals surface area contributed by atoms with Gasteiger partial charge in [-0.2, -0.15) is 0 Å². The highest BCUT2D eigenvalue weighted by Gasteiger charge is 2.02. The summed E-state index contributed by atoms with van der Waals surface area (Å²) < 4.78 is 0. The number of rotatable bonds is 1. The molecule has 1 aromatic carbocycles. The molecule has 0 atom stereocenters. The lowest BCUT2D eigenvalue weighted by Crippen LogP contribution is -2.06. The first-order chi connectivity index (χ1) is 6.00. The van der Waals surface area contributed by atoms with E-state index in [0.29, 0.717) is 0 Å². The monoisotopic (exact) mass is 197 g/mol. The number of halogens is 1. The fourth-order valence-electron chi connectivity index (χ4n) is 1.22. The number of hydrogen-bond donors (Lipinski definition) is 1. The lowest BCUT2D eigenvalue weighted by Gasteiger charge is -2.07. The minimum absolute atomic E-state index is 0.0684. The first kappa shape index (κ1) is 10.1. The van der Waals surface area contributed by atoms with Gasteiger partial charge in [0, 0.05) is 17.6 Å². The largest absolute Gasteiger partial charge is 0.326 e. The van der Waals surface area contributed by atoms with Gasteiger partial charge in [0.05, 0.1) is 0 Å². The van der Waals surface area contributed by atoms with Crippen LogP contribution in [-0.2, 0) is 4.79 Å². The molecule has 0 heterocycles. The second-order valence-electron chi connectivity index (χ2n) is 3.11. The van der Waals surface area contributed by atoms with Crippen molar-refractivity contribution in [2.24, 2.45) is 0 Å². The number of nitrogens with one attached hydrogen (secondary N) is 1. The molecule has 0 aliphatic rings. The summed E-state index contributed by atoms with van der Waals surface area (Å²) in [5.41, 5.74) is 2.75. The summed E-state index contributed by atoms with van der Waals surface area (Å²) in [5.74, 6) is -0.0684. The molecule has 70 valence electrons. The summed E-state index contributed by atoms with van der Waals surface area (Å²) in [6.07, 6.45) is 0. The van der Waals surface area contributed by atoms with Crippen LogP contribution >= 0.6 is 11.6 Å². The van der Waals surface area contributed by atoms with Crippen LogP contribution in [0.1, 0.15) is 18.1 Å². The first-order valence-electron chi connectivity index (χ1n) is 4.05. The van der Waals surface area contributed by atoms with Crippen LogP contribution in [0.15, 0.2) is 12.1 Å². The smallest absolute Gasteiger partial charge is 0.221 e. The van der Waals surface area contributed by atoms with E-state index in [1.54, 1.807) is 0 Å². The van der Waals surface area contributed by atoms with Gasteiger partial charge in [-0.05, 0) is 37.1 Å². The van der Waals surface area contributed by atoms with Crippen LogP contribution in [0.3, 0.4) is 0 Å². The zero-order chi connectivity index (χ0) is 10.0. The average Bonchev–Trinajstić information content (AvgIpc) is 1.98. The third-order valence-electron chi connectivity index (χ3n) is 1.76. The van der Waals surface area contributed by atoms with Crippen molar-refractivity contribution in [3.63, 3.8) is 0 Å². The van der Waals surface area contributed by atoms with Crippen LogP contribution in [0.25, 0.3) is 0 Å². The lowest BCUT2D eigenvalue weighted by molar-refractivity contribution is -0.114. The van der Waals surface area contributed by atoms with Crippen molar-refractivity contribution in [1.82, 2.24) is 0 Å². The number of aryl methyl sites for hydroxylation is 2. The molecule has 0 aromatic heterocycles. The second kappa shape index (κ2) is 3.79. The Labute approximate surface area is 82.9 Å². The normalized spacial score (nSPS) is 9.85. The van der Waals surface area contributed by atoms with Crippen LogP contribution in [0, 0.1) is 13.8 Å². The highest BCUT2D eigenvalue weighted by molar-refractivity contribution is 6.32. The van der Waals surface area contributed by atoms with Gasteiger partial charge in [-0.25, -0.2) is 0 Å². The third-order valence-corrected chi connectivity index (χ3v) is 2.35. The summed E-state index contributed by atoms with van der Waals surface area (Å²) in [7, 11) is 0. The van der Waals surface area contributed by atoms with E-state index in [2.05, 4.69) is 5.32 Å². The highest BCUT2D eigenvalue weighted by Crippen LogP contribution is 2.24. The zero-order valence-electron chi connectivity index (χ0n) is 7.94. The van der Waals surface area contributed by atoms with Gasteiger partial charge in [0.15, 0.2) is 0 Å². The van der Waals surface area contributed by atoms with Gasteiger partial charge in [0.25, 0.3) is 0 Å². The molecule has 0 aliphatic carbocycles. The highest BCUT2D eigenvalue weighted by atomic mass is 35.5. The summed E-state index contributed by atoms with van der Waals surface area (Å²) in [6.45, 7) is 5.32. The Hall–Kier alpha value is -1.02. The van der Waals surface area contributed by atoms with Crippen LogP contribution in [0.4, 0.5) is 5.69 Å². The average molecular weight is 198 g/mol. The molecule has 0 aliphatic heterocycles. The molecule has 0 saturated heterocycles. The van der Waals surface area contributed by atoms with E-state index in [-0.39, 0.29) is 5.91 Å². The maximum Gasteiger partial charge on any atom is 0.221 e. The molecule has 2 nitrogen and oxygen atoms in total. The molecule has 1 rings (SSSR count). The van der Waals surface area contributed by atoms with Crippen LogP contribution < -0.4 is 5.32 Å². The van der Waals surface area contributed by atoms with Crippen molar-refractivity contribution in [3.05, 3.63) is 28.3 Å². The van der Waals surface area contributed by atoms with Crippen LogP contribution in [0.5, 0.6) is 0 Å². The Morgan fingerprint density at radius 3 is 2.15 bits per heavy atom. The standard InChI is InChI=1S/C10H12ClNO/c1-6-4-9(12-8(3)13)5-7(2)10(6)11/h4-5H,1-3H3,(H,12,13). The van der Waals surface area contributed by atoms with Crippen LogP contribution in [-0.4, -0.2) is 5.91 Å². The summed E-state index contributed by atoms with van der Waals surface area (Å²) >= 11 is 5.97. The Kier molecular flexibility index (Phi) is 2.94. The molecule has 3 heteroatoms. The molecule has 1 N–H and O–H groups in total. The number of benzene rings is 1. The molecular weight excluding hydrogens is 186 g/mol. The number of hydrogen-bond acceptors (Lipinski definition) is 1. The second-order valence-corrected chi connectivity index (χ2v) is 3.48. The maximum atomic E-state index is 10.8. The van der Waals surface area contributed by atoms with E-state index in [9.17, 15) is 4.79 Å². The Morgan fingerprint density at radius 1 is 1.31 bits per heavy atom. The molecule has 0 bridgehead atoms. The number of amides is 1. The molecule has 1 aromatic rings. The lowest BCUT2D eigenvalue weighted by atomic mass is 10.1. The minimum atomic E-state index is -0.0684. The molecule has 13 heavy (non-hydrogen) atoms. The third kappa shape index (κ3) is 2.46. The van der Waals surface area contributed by atoms with E-state index in [1.165, 1.54) is 6.92 Å². The van der Waals surface area contributed by atoms with Gasteiger partial charge >= 0.3 is 0 Å². The Bertz CT molecular complexity index is 324. The van der Waals surface area contributed by atoms with Gasteiger partial charge in [-0.15, -0.1) is 0 Å². The predicted molar refractivity (Wildman–Crippen MR) is 55.2 cm³/mol. The van der Waals surface area contributed by atoms with Gasteiger partial charge in [0.2, 0.25) is 5.91 Å². The number of carbonyl (C=O) groups excluding carboxylic acids is 1. The predicted octanol–water partition coefficient (Wildman–Crippen LogP) is 2.92. The molecule has 0 radical (unpaired) electrons. The van der Waals surface area contributed by atoms with Gasteiger partial charge in [-0.1, -0.05) is 11.6 Å². The molecular formula is C10H12ClNO. The molecule has 0 fully saturated rings. The van der Waals surface area contributed by atoms with E-state index >= 15 is 0 Å². The Balaban J connectivity index is 3.06. The fourth-order valence-corrected chi connectivity index (χ4v) is 1.33. The van der Waals surface area contributed by atoms with E-state index in [1.807, 2.05) is 26.0 Å². The quantitative estimate of drug-likeness (QED) is 0.737. The van der Waals surface area contributed by atoms with Crippen molar-refractivity contribution in [2.45, 2.75) is 20.8 Å². The van der Waals surface area contributed by atoms with Gasteiger partial charge < -0.3 is 5.32 Å². The Morgan fingerprint density at radius 2 is 1.77 bits per heavy atom. The molecule has 0 unspecified atom stereocenters. The van der Waals surface area contributed by atoms with Crippen molar-refractivity contribution in [3.8, 4) is 0 Å². The minimum Gasteiger partial charge on any atom is -0.326 e. The van der Waals surface area contributed by atoms with E-state index in [4.69, 9.17) is 11.6 Å². The fraction of sp³-hybridized carbons (Fsp3) is 0.300. The SMILES string of the molecule is CC(=O)Nc1cc(C)c(Cl)c(C)c1. The molecule has 1 amide bonds.